The summed E-state index contributed by atoms with van der Waals surface area (Å²) in [6, 6.07) is 14.0. The summed E-state index contributed by atoms with van der Waals surface area (Å²) >= 11 is 0. The normalized spacial score (nSPS) is 15.4. The number of anilines is 1. The van der Waals surface area contributed by atoms with Gasteiger partial charge in [-0.25, -0.2) is 8.42 Å². The van der Waals surface area contributed by atoms with Gasteiger partial charge in [-0.1, -0.05) is 50.6 Å². The van der Waals surface area contributed by atoms with Crippen molar-refractivity contribution in [2.24, 2.45) is 0 Å². The van der Waals surface area contributed by atoms with Crippen LogP contribution < -0.4 is 10.0 Å². The Balaban J connectivity index is 1.76. The van der Waals surface area contributed by atoms with E-state index in [2.05, 4.69) is 30.5 Å². The molecular weight excluding hydrogens is 384 g/mol. The molecule has 154 valence electrons. The zero-order valence-electron chi connectivity index (χ0n) is 16.9. The fraction of sp³-hybridized carbons (Fsp3) is 0.348. The first-order valence-electron chi connectivity index (χ1n) is 9.91. The molecule has 0 bridgehead atoms. The van der Waals surface area contributed by atoms with Crippen molar-refractivity contribution in [1.29, 1.82) is 0 Å². The van der Waals surface area contributed by atoms with Crippen molar-refractivity contribution in [3.63, 3.8) is 0 Å². The van der Waals surface area contributed by atoms with Crippen molar-refractivity contribution in [2.75, 3.05) is 11.3 Å². The van der Waals surface area contributed by atoms with E-state index in [4.69, 9.17) is 0 Å². The van der Waals surface area contributed by atoms with Crippen molar-refractivity contribution in [3.05, 3.63) is 72.3 Å². The molecule has 0 aliphatic heterocycles. The third-order valence-electron chi connectivity index (χ3n) is 5.60. The first kappa shape index (κ1) is 21.1. The Morgan fingerprint density at radius 3 is 2.21 bits per heavy atom. The lowest BCUT2D eigenvalue weighted by Crippen LogP contribution is -2.49. The highest BCUT2D eigenvalue weighted by Crippen LogP contribution is 2.44. The third kappa shape index (κ3) is 4.37. The van der Waals surface area contributed by atoms with Gasteiger partial charge in [-0.2, -0.15) is 0 Å². The molecule has 0 heterocycles. The maximum Gasteiger partial charge on any atom is 0.261 e. The monoisotopic (exact) mass is 412 g/mol. The number of carbonyl (C=O) groups excluding carboxylic acids is 1. The molecule has 0 aromatic heterocycles. The molecule has 2 aromatic rings. The number of carbonyl (C=O) groups is 1. The molecule has 1 aliphatic carbocycles. The lowest BCUT2D eigenvalue weighted by atomic mass is 9.64. The highest BCUT2D eigenvalue weighted by Gasteiger charge is 2.45. The van der Waals surface area contributed by atoms with E-state index in [1.54, 1.807) is 30.3 Å². The average Bonchev–Trinajstić information content (AvgIpc) is 2.66. The fourth-order valence-corrected chi connectivity index (χ4v) is 4.67. The summed E-state index contributed by atoms with van der Waals surface area (Å²) in [4.78, 5) is 12.8. The molecule has 1 fully saturated rings. The van der Waals surface area contributed by atoms with Gasteiger partial charge in [0.15, 0.2) is 0 Å². The van der Waals surface area contributed by atoms with Crippen LogP contribution in [0.4, 0.5) is 5.69 Å². The van der Waals surface area contributed by atoms with Crippen molar-refractivity contribution >= 4 is 21.6 Å². The highest BCUT2D eigenvalue weighted by molar-refractivity contribution is 7.92. The molecule has 6 heteroatoms. The summed E-state index contributed by atoms with van der Waals surface area (Å²) in [5, 5.41) is 2.89. The maximum atomic E-state index is 12.7. The van der Waals surface area contributed by atoms with E-state index in [0.29, 0.717) is 18.2 Å². The van der Waals surface area contributed by atoms with Gasteiger partial charge in [0.2, 0.25) is 5.91 Å². The first-order chi connectivity index (χ1) is 13.8. The van der Waals surface area contributed by atoms with Crippen LogP contribution in [0, 0.1) is 0 Å². The number of rotatable bonds is 8. The van der Waals surface area contributed by atoms with Crippen LogP contribution in [0.25, 0.3) is 0 Å². The molecule has 5 nitrogen and oxygen atoms in total. The molecule has 1 aliphatic rings. The molecule has 0 spiro atoms. The molecule has 1 saturated carbocycles. The molecule has 29 heavy (non-hydrogen) atoms. The van der Waals surface area contributed by atoms with Crippen LogP contribution in [-0.2, 0) is 20.2 Å². The highest BCUT2D eigenvalue weighted by atomic mass is 32.2. The Morgan fingerprint density at radius 1 is 1.10 bits per heavy atom. The van der Waals surface area contributed by atoms with Gasteiger partial charge in [-0.15, -0.1) is 6.58 Å². The first-order valence-corrected chi connectivity index (χ1v) is 11.4. The second kappa shape index (κ2) is 8.41. The number of benzene rings is 2. The second-order valence-electron chi connectivity index (χ2n) is 7.84. The Morgan fingerprint density at radius 2 is 1.72 bits per heavy atom. The molecule has 0 atom stereocenters. The van der Waals surface area contributed by atoms with Crippen LogP contribution in [0.15, 0.2) is 66.1 Å². The minimum Gasteiger partial charge on any atom is -0.352 e. The second-order valence-corrected chi connectivity index (χ2v) is 9.52. The number of nitrogens with one attached hydrogen (secondary N) is 2. The Labute approximate surface area is 173 Å². The zero-order chi connectivity index (χ0) is 21.1. The fourth-order valence-electron chi connectivity index (χ4n) is 3.61. The van der Waals surface area contributed by atoms with E-state index in [0.717, 1.165) is 30.4 Å². The number of amides is 1. The van der Waals surface area contributed by atoms with Gasteiger partial charge < -0.3 is 5.32 Å². The number of hydrogen-bond donors (Lipinski definition) is 2. The molecular formula is C23H28N2O3S. The van der Waals surface area contributed by atoms with Gasteiger partial charge in [0, 0.05) is 12.2 Å². The molecule has 0 unspecified atom stereocenters. The van der Waals surface area contributed by atoms with Crippen LogP contribution in [0.1, 0.15) is 50.2 Å². The number of sulfonamides is 1. The quantitative estimate of drug-likeness (QED) is 0.634. The van der Waals surface area contributed by atoms with Crippen LogP contribution in [0.3, 0.4) is 0 Å². The van der Waals surface area contributed by atoms with Crippen LogP contribution in [-0.4, -0.2) is 20.9 Å². The Kier molecular flexibility index (Phi) is 6.13. The van der Waals surface area contributed by atoms with Gasteiger partial charge in [0.05, 0.1) is 10.3 Å². The summed E-state index contributed by atoms with van der Waals surface area (Å²) in [7, 11) is -3.66. The lowest BCUT2D eigenvalue weighted by Gasteiger charge is -2.40. The van der Waals surface area contributed by atoms with E-state index in [1.807, 2.05) is 24.3 Å². The molecule has 3 rings (SSSR count). The standard InChI is InChI=1S/C23H28N2O3S/c1-4-16-24-22(26)23(14-5-15-23)19-8-10-20(11-9-19)25-29(27,28)21-12-6-18(7-13-21)17(2)3/h4,6-13,17,25H,1,5,14-16H2,2-3H3,(H,24,26). The van der Waals surface area contributed by atoms with E-state index in [1.165, 1.54) is 0 Å². The largest absolute Gasteiger partial charge is 0.352 e. The van der Waals surface area contributed by atoms with Crippen molar-refractivity contribution in [2.45, 2.75) is 49.3 Å². The van der Waals surface area contributed by atoms with Gasteiger partial charge in [-0.05, 0) is 54.2 Å². The Hall–Kier alpha value is -2.60. The van der Waals surface area contributed by atoms with Gasteiger partial charge in [0.1, 0.15) is 0 Å². The molecule has 2 aromatic carbocycles. The van der Waals surface area contributed by atoms with Crippen LogP contribution in [0.2, 0.25) is 0 Å². The predicted molar refractivity (Wildman–Crippen MR) is 117 cm³/mol. The molecule has 1 amide bonds. The summed E-state index contributed by atoms with van der Waals surface area (Å²) in [6.45, 7) is 8.20. The van der Waals surface area contributed by atoms with Crippen molar-refractivity contribution in [1.82, 2.24) is 5.32 Å². The molecule has 0 radical (unpaired) electrons. The Bertz CT molecular complexity index is 974. The molecule has 2 N–H and O–H groups in total. The minimum absolute atomic E-state index is 0.00206. The minimum atomic E-state index is -3.66. The predicted octanol–water partition coefficient (Wildman–Crippen LogP) is 4.33. The molecule has 0 saturated heterocycles. The van der Waals surface area contributed by atoms with Crippen LogP contribution >= 0.6 is 0 Å². The van der Waals surface area contributed by atoms with Crippen LogP contribution in [0.5, 0.6) is 0 Å². The SMILES string of the molecule is C=CCNC(=O)C1(c2ccc(NS(=O)(=O)c3ccc(C(C)C)cc3)cc2)CCC1. The van der Waals surface area contributed by atoms with E-state index in [9.17, 15) is 13.2 Å². The van der Waals surface area contributed by atoms with Crippen molar-refractivity contribution in [3.8, 4) is 0 Å². The topological polar surface area (TPSA) is 75.3 Å². The van der Waals surface area contributed by atoms with Gasteiger partial charge in [-0.3, -0.25) is 9.52 Å². The number of hydrogen-bond acceptors (Lipinski definition) is 3. The maximum absolute atomic E-state index is 12.7. The summed E-state index contributed by atoms with van der Waals surface area (Å²) in [6.07, 6.45) is 4.25. The smallest absolute Gasteiger partial charge is 0.261 e. The third-order valence-corrected chi connectivity index (χ3v) is 6.99. The summed E-state index contributed by atoms with van der Waals surface area (Å²) in [5.41, 5.74) is 1.96. The average molecular weight is 413 g/mol. The van der Waals surface area contributed by atoms with E-state index < -0.39 is 15.4 Å². The van der Waals surface area contributed by atoms with E-state index >= 15 is 0 Å². The van der Waals surface area contributed by atoms with Gasteiger partial charge in [0.25, 0.3) is 10.0 Å². The zero-order valence-corrected chi connectivity index (χ0v) is 17.8. The van der Waals surface area contributed by atoms with Gasteiger partial charge >= 0.3 is 0 Å². The lowest BCUT2D eigenvalue weighted by molar-refractivity contribution is -0.129. The summed E-state index contributed by atoms with van der Waals surface area (Å²) in [5.74, 6) is 0.344. The van der Waals surface area contributed by atoms with E-state index in [-0.39, 0.29) is 10.8 Å². The summed E-state index contributed by atoms with van der Waals surface area (Å²) < 4.78 is 28.0. The van der Waals surface area contributed by atoms with Crippen molar-refractivity contribution < 1.29 is 13.2 Å².